The Bertz CT molecular complexity index is 1750. The number of allylic oxidation sites excluding steroid dienone is 2. The summed E-state index contributed by atoms with van der Waals surface area (Å²) in [6, 6.07) is 12.1. The number of aryl methyl sites for hydroxylation is 1. The Morgan fingerprint density at radius 3 is 2.67 bits per heavy atom. The molecule has 2 N–H and O–H groups in total. The molecule has 2 unspecified atom stereocenters. The standard InChI is InChI=1S/C29H30IN3O6SSe2/c1-18(14-27-32(11-4-5-13-40(36,37)38)22-16-20(30)6-8-25(22)41-27)15-28-33(12-10-23(33)29(35)31-19(2)34)24-17-21(39-3)7-9-26(24)42-28/h6-9,14-17,23H,4-5,10-13H2,1-3H3/p+2. The Labute approximate surface area is 271 Å². The number of hydrogen-bond donors (Lipinski definition) is 2. The zero-order valence-electron chi connectivity index (χ0n) is 23.4. The molecule has 0 saturated carbocycles. The number of rotatable bonds is 9. The first-order valence-electron chi connectivity index (χ1n) is 13.4. The number of imide groups is 1. The third kappa shape index (κ3) is 6.49. The van der Waals surface area contributed by atoms with Crippen LogP contribution in [0.15, 0.2) is 52.6 Å². The Hall–Kier alpha value is -1.83. The molecule has 222 valence electrons. The van der Waals surface area contributed by atoms with E-state index < -0.39 is 10.1 Å². The number of benzene rings is 2. The SMILES string of the molecule is COc1ccc2c(c1)[N+]1(CCC1C(=O)NC(C)=O)C(=CC(C)=Cc1[se]c3ccc(I)cc3[n+]1CCCCS(=O)(=O)O)[Se]2. The predicted octanol–water partition coefficient (Wildman–Crippen LogP) is 2.50. The van der Waals surface area contributed by atoms with Gasteiger partial charge in [-0.1, -0.05) is 0 Å². The van der Waals surface area contributed by atoms with Crippen molar-refractivity contribution in [2.75, 3.05) is 19.4 Å². The van der Waals surface area contributed by atoms with Gasteiger partial charge in [-0.2, -0.15) is 0 Å². The maximum atomic E-state index is 13.2. The molecule has 1 saturated heterocycles. The van der Waals surface area contributed by atoms with Crippen molar-refractivity contribution in [2.45, 2.75) is 45.7 Å². The van der Waals surface area contributed by atoms with Crippen LogP contribution in [0.5, 0.6) is 5.75 Å². The van der Waals surface area contributed by atoms with Crippen molar-refractivity contribution in [2.24, 2.45) is 0 Å². The van der Waals surface area contributed by atoms with Gasteiger partial charge < -0.3 is 0 Å². The average Bonchev–Trinajstić information content (AvgIpc) is 3.39. The summed E-state index contributed by atoms with van der Waals surface area (Å²) in [5.41, 5.74) is 3.30. The summed E-state index contributed by atoms with van der Waals surface area (Å²) in [5.74, 6) is -0.0995. The molecule has 0 bridgehead atoms. The molecule has 2 aliphatic heterocycles. The van der Waals surface area contributed by atoms with Gasteiger partial charge in [-0.3, -0.25) is 0 Å². The summed E-state index contributed by atoms with van der Waals surface area (Å²) in [4.78, 5) is 24.9. The van der Waals surface area contributed by atoms with Crippen molar-refractivity contribution in [3.8, 4) is 5.75 Å². The van der Waals surface area contributed by atoms with E-state index >= 15 is 0 Å². The molecule has 2 aliphatic rings. The summed E-state index contributed by atoms with van der Waals surface area (Å²) in [5, 5.41) is 2.52. The van der Waals surface area contributed by atoms with Crippen molar-refractivity contribution >= 4 is 100.0 Å². The Morgan fingerprint density at radius 1 is 1.21 bits per heavy atom. The molecule has 0 radical (unpaired) electrons. The van der Waals surface area contributed by atoms with E-state index in [0.29, 0.717) is 30.3 Å². The van der Waals surface area contributed by atoms with E-state index in [1.54, 1.807) is 7.11 Å². The van der Waals surface area contributed by atoms with Crippen LogP contribution in [0.3, 0.4) is 0 Å². The number of nitrogens with one attached hydrogen (secondary N) is 1. The number of methoxy groups -OCH3 is 1. The van der Waals surface area contributed by atoms with E-state index in [1.807, 2.05) is 12.1 Å². The Morgan fingerprint density at radius 2 is 2.00 bits per heavy atom. The maximum absolute atomic E-state index is 13.2. The molecule has 0 aliphatic carbocycles. The molecule has 1 fully saturated rings. The number of fused-ring (bicyclic) bond motifs is 3. The van der Waals surface area contributed by atoms with Crippen LogP contribution in [0.25, 0.3) is 15.9 Å². The van der Waals surface area contributed by atoms with Crippen LogP contribution in [0.1, 0.15) is 37.7 Å². The van der Waals surface area contributed by atoms with E-state index in [-0.39, 0.29) is 53.1 Å². The molecule has 2 amide bonds. The van der Waals surface area contributed by atoms with E-state index in [2.05, 4.69) is 75.8 Å². The molecule has 13 heteroatoms. The normalized spacial score (nSPS) is 21.0. The van der Waals surface area contributed by atoms with Crippen molar-refractivity contribution in [3.63, 3.8) is 0 Å². The number of unbranched alkanes of at least 4 members (excludes halogenated alkanes) is 1. The Balaban J connectivity index is 1.53. The van der Waals surface area contributed by atoms with Crippen molar-refractivity contribution in [1.82, 2.24) is 9.80 Å². The van der Waals surface area contributed by atoms with Gasteiger partial charge in [0, 0.05) is 0 Å². The number of halogens is 1. The molecule has 3 aromatic rings. The quantitative estimate of drug-likeness (QED) is 0.0857. The van der Waals surface area contributed by atoms with Crippen LogP contribution in [0, 0.1) is 3.57 Å². The van der Waals surface area contributed by atoms with Gasteiger partial charge in [0.15, 0.2) is 0 Å². The average molecular weight is 835 g/mol. The van der Waals surface area contributed by atoms with Crippen LogP contribution in [0.2, 0.25) is 0 Å². The van der Waals surface area contributed by atoms with Gasteiger partial charge in [-0.25, -0.2) is 0 Å². The molecule has 5 rings (SSSR count). The second-order valence-corrected chi connectivity index (χ2v) is 17.7. The monoisotopic (exact) mass is 837 g/mol. The van der Waals surface area contributed by atoms with E-state index in [1.165, 1.54) is 24.8 Å². The minimum absolute atomic E-state index is 0.00802. The van der Waals surface area contributed by atoms with Gasteiger partial charge in [0.05, 0.1) is 0 Å². The fourth-order valence-electron chi connectivity index (χ4n) is 5.53. The summed E-state index contributed by atoms with van der Waals surface area (Å²) in [7, 11) is -2.34. The van der Waals surface area contributed by atoms with Crippen LogP contribution >= 0.6 is 22.6 Å². The van der Waals surface area contributed by atoms with E-state index in [9.17, 15) is 18.0 Å². The van der Waals surface area contributed by atoms with Gasteiger partial charge in [-0.05, 0) is 0 Å². The number of carbonyl (C=O) groups excluding carboxylic acids is 2. The zero-order valence-corrected chi connectivity index (χ0v) is 29.8. The van der Waals surface area contributed by atoms with Crippen molar-refractivity contribution in [1.29, 1.82) is 0 Å². The summed E-state index contributed by atoms with van der Waals surface area (Å²) in [6.45, 7) is 4.88. The van der Waals surface area contributed by atoms with Crippen LogP contribution < -0.4 is 23.6 Å². The molecule has 1 spiro atoms. The molecule has 1 aromatic heterocycles. The van der Waals surface area contributed by atoms with E-state index in [4.69, 9.17) is 9.29 Å². The predicted molar refractivity (Wildman–Crippen MR) is 173 cm³/mol. The molecular formula is C29H32IN3O6SSe2+2. The molecule has 2 aromatic carbocycles. The minimum atomic E-state index is -3.98. The molecular weight excluding hydrogens is 803 g/mol. The first-order valence-corrected chi connectivity index (χ1v) is 19.6. The number of carbonyl (C=O) groups is 2. The summed E-state index contributed by atoms with van der Waals surface area (Å²) < 4.78 is 45.9. The zero-order chi connectivity index (χ0) is 30.2. The van der Waals surface area contributed by atoms with Crippen LogP contribution in [0.4, 0.5) is 5.69 Å². The molecule has 9 nitrogen and oxygen atoms in total. The Kier molecular flexibility index (Phi) is 9.51. The van der Waals surface area contributed by atoms with Crippen molar-refractivity contribution < 1.29 is 31.9 Å². The number of amides is 2. The first kappa shape index (κ1) is 31.6. The number of hydrogen-bond acceptors (Lipinski definition) is 5. The summed E-state index contributed by atoms with van der Waals surface area (Å²) >= 11 is 2.38. The second kappa shape index (κ2) is 12.6. The van der Waals surface area contributed by atoms with Gasteiger partial charge >= 0.3 is 273 Å². The van der Waals surface area contributed by atoms with Gasteiger partial charge in [0.2, 0.25) is 0 Å². The van der Waals surface area contributed by atoms with Gasteiger partial charge in [0.1, 0.15) is 0 Å². The number of aromatic nitrogens is 1. The van der Waals surface area contributed by atoms with Gasteiger partial charge in [0.25, 0.3) is 0 Å². The van der Waals surface area contributed by atoms with E-state index in [0.717, 1.165) is 32.6 Å². The fourth-order valence-corrected chi connectivity index (χ4v) is 12.0. The molecule has 3 heterocycles. The third-order valence-corrected chi connectivity index (χ3v) is 13.9. The number of nitrogens with zero attached hydrogens (tertiary/aromatic N) is 2. The third-order valence-electron chi connectivity index (χ3n) is 7.52. The number of ether oxygens (including phenoxy) is 1. The first-order chi connectivity index (χ1) is 19.9. The second-order valence-electron chi connectivity index (χ2n) is 10.4. The fraction of sp³-hybridized carbons (Fsp3) is 0.345. The number of quaternary nitrogens is 1. The topological polar surface area (TPSA) is 114 Å². The molecule has 2 atom stereocenters. The summed E-state index contributed by atoms with van der Waals surface area (Å²) in [6.07, 6.45) is 6.13. The van der Waals surface area contributed by atoms with Crippen LogP contribution in [-0.4, -0.2) is 79.7 Å². The van der Waals surface area contributed by atoms with Crippen molar-refractivity contribution in [3.05, 3.63) is 60.8 Å². The molecule has 42 heavy (non-hydrogen) atoms. The van der Waals surface area contributed by atoms with Gasteiger partial charge in [-0.15, -0.1) is 0 Å². The van der Waals surface area contributed by atoms with Crippen LogP contribution in [-0.2, 0) is 26.3 Å².